The molecule has 30 heavy (non-hydrogen) atoms. The molecule has 1 aromatic rings. The first-order chi connectivity index (χ1) is 14.6. The molecule has 6 nitrogen and oxygen atoms in total. The van der Waals surface area contributed by atoms with Gasteiger partial charge in [-0.2, -0.15) is 0 Å². The average Bonchev–Trinajstić information content (AvgIpc) is 2.73. The van der Waals surface area contributed by atoms with Crippen LogP contribution in [0.25, 0.3) is 0 Å². The van der Waals surface area contributed by atoms with E-state index in [1.807, 2.05) is 0 Å². The van der Waals surface area contributed by atoms with E-state index < -0.39 is 0 Å². The Morgan fingerprint density at radius 3 is 1.47 bits per heavy atom. The van der Waals surface area contributed by atoms with Crippen molar-refractivity contribution in [3.05, 3.63) is 22.8 Å². The monoisotopic (exact) mass is 414 g/mol. The molecule has 0 saturated heterocycles. The molecule has 3 heterocycles. The molecule has 0 saturated carbocycles. The molecule has 2 N–H and O–H groups in total. The molecule has 166 valence electrons. The van der Waals surface area contributed by atoms with Crippen molar-refractivity contribution in [2.45, 2.75) is 116 Å². The third-order valence-corrected chi connectivity index (χ3v) is 6.33. The Bertz CT molecular complexity index is 672. The molecule has 0 aromatic carbocycles. The van der Waals surface area contributed by atoms with Crippen molar-refractivity contribution in [1.29, 1.82) is 0 Å². The van der Waals surface area contributed by atoms with Gasteiger partial charge in [-0.15, -0.1) is 0 Å². The van der Waals surface area contributed by atoms with Crippen molar-refractivity contribution in [3.8, 4) is 0 Å². The summed E-state index contributed by atoms with van der Waals surface area (Å²) in [5, 5.41) is 6.21. The van der Waals surface area contributed by atoms with Gasteiger partial charge in [0, 0.05) is 24.9 Å². The fraction of sp³-hybridized carbons (Fsp3) is 0.750. The van der Waals surface area contributed by atoms with Crippen LogP contribution in [-0.2, 0) is 12.8 Å². The Morgan fingerprint density at radius 2 is 1.07 bits per heavy atom. The molecule has 2 aliphatic rings. The molecule has 0 aliphatic carbocycles. The van der Waals surface area contributed by atoms with E-state index in [-0.39, 0.29) is 23.9 Å². The Balaban J connectivity index is 1.59. The van der Waals surface area contributed by atoms with E-state index in [2.05, 4.69) is 34.4 Å². The number of fused-ring (bicyclic) bond motifs is 2. The van der Waals surface area contributed by atoms with E-state index in [9.17, 15) is 9.59 Å². The van der Waals surface area contributed by atoms with Gasteiger partial charge in [0.15, 0.2) is 0 Å². The lowest BCUT2D eigenvalue weighted by atomic mass is 9.95. The molecule has 2 amide bonds. The third kappa shape index (κ3) is 6.02. The van der Waals surface area contributed by atoms with E-state index in [1.165, 1.54) is 51.4 Å². The number of carbonyl (C=O) groups is 2. The van der Waals surface area contributed by atoms with Gasteiger partial charge >= 0.3 is 0 Å². The van der Waals surface area contributed by atoms with Crippen LogP contribution in [0, 0.1) is 0 Å². The molecule has 0 spiro atoms. The molecule has 2 atom stereocenters. The van der Waals surface area contributed by atoms with E-state index >= 15 is 0 Å². The molecule has 0 radical (unpaired) electrons. The summed E-state index contributed by atoms with van der Waals surface area (Å²) < 4.78 is 0. The van der Waals surface area contributed by atoms with Crippen LogP contribution in [0.4, 0.5) is 0 Å². The van der Waals surface area contributed by atoms with Crippen LogP contribution in [0.1, 0.15) is 123 Å². The minimum absolute atomic E-state index is 0.0986. The summed E-state index contributed by atoms with van der Waals surface area (Å²) in [5.74, 6) is -0.264. The standard InChI is InChI=1S/C24H38N4O2/c1-3-5-7-9-11-13-17-15-19-21(23(29)25-17)28-20-16-18(14-12-10-8-6-4-2)26-24(30)22(20)27-19/h17-18H,3-16H2,1-2H3,(H,25,29)(H,26,30)/t17-,18-/m1/s1. The van der Waals surface area contributed by atoms with Gasteiger partial charge in [-0.25, -0.2) is 9.97 Å². The molecule has 1 aromatic heterocycles. The number of carbonyl (C=O) groups excluding carboxylic acids is 2. The zero-order chi connectivity index (χ0) is 21.3. The van der Waals surface area contributed by atoms with Gasteiger partial charge < -0.3 is 10.6 Å². The first-order valence-corrected chi connectivity index (χ1v) is 12.1. The Labute approximate surface area is 181 Å². The van der Waals surface area contributed by atoms with E-state index in [0.29, 0.717) is 35.6 Å². The summed E-state index contributed by atoms with van der Waals surface area (Å²) >= 11 is 0. The quantitative estimate of drug-likeness (QED) is 0.493. The normalized spacial score (nSPS) is 20.3. The summed E-state index contributed by atoms with van der Waals surface area (Å²) in [6, 6.07) is 0.197. The molecule has 6 heteroatoms. The number of rotatable bonds is 12. The van der Waals surface area contributed by atoms with Gasteiger partial charge in [0.25, 0.3) is 11.8 Å². The number of aromatic nitrogens is 2. The minimum atomic E-state index is -0.132. The first-order valence-electron chi connectivity index (χ1n) is 12.1. The van der Waals surface area contributed by atoms with Crippen LogP contribution < -0.4 is 10.6 Å². The first kappa shape index (κ1) is 22.7. The van der Waals surface area contributed by atoms with Gasteiger partial charge in [0.1, 0.15) is 11.4 Å². The Hall–Kier alpha value is -1.98. The highest BCUT2D eigenvalue weighted by Crippen LogP contribution is 2.23. The number of nitrogens with one attached hydrogen (secondary N) is 2. The van der Waals surface area contributed by atoms with Crippen LogP contribution in [0.3, 0.4) is 0 Å². The summed E-state index contributed by atoms with van der Waals surface area (Å²) in [6.07, 6.45) is 15.4. The number of unbranched alkanes of at least 4 members (excludes halogenated alkanes) is 8. The lowest BCUT2D eigenvalue weighted by molar-refractivity contribution is 0.0892. The number of amides is 2. The minimum Gasteiger partial charge on any atom is -0.348 e. The molecule has 0 fully saturated rings. The van der Waals surface area contributed by atoms with Crippen LogP contribution in [0.5, 0.6) is 0 Å². The largest absolute Gasteiger partial charge is 0.348 e. The summed E-state index contributed by atoms with van der Waals surface area (Å²) in [4.78, 5) is 34.5. The van der Waals surface area contributed by atoms with Crippen molar-refractivity contribution in [1.82, 2.24) is 20.6 Å². The molecule has 3 rings (SSSR count). The SMILES string of the molecule is CCCCCCC[C@@H]1Cc2nc3c(nc2C(=O)N1)C[C@@H](CCCCCCC)NC3=O. The van der Waals surface area contributed by atoms with Gasteiger partial charge in [-0.05, 0) is 12.8 Å². The summed E-state index contributed by atoms with van der Waals surface area (Å²) in [6.45, 7) is 4.42. The smallest absolute Gasteiger partial charge is 0.272 e. The average molecular weight is 415 g/mol. The maximum absolute atomic E-state index is 12.6. The zero-order valence-corrected chi connectivity index (χ0v) is 18.8. The topological polar surface area (TPSA) is 84.0 Å². The van der Waals surface area contributed by atoms with Crippen molar-refractivity contribution >= 4 is 11.8 Å². The van der Waals surface area contributed by atoms with Crippen LogP contribution in [-0.4, -0.2) is 33.9 Å². The molecular formula is C24H38N4O2. The van der Waals surface area contributed by atoms with Crippen LogP contribution in [0.2, 0.25) is 0 Å². The Kier molecular flexibility index (Phi) is 8.64. The second kappa shape index (κ2) is 11.4. The molecule has 0 unspecified atom stereocenters. The lowest BCUT2D eigenvalue weighted by Gasteiger charge is -2.28. The number of hydrogen-bond donors (Lipinski definition) is 2. The number of nitrogens with zero attached hydrogens (tertiary/aromatic N) is 2. The van der Waals surface area contributed by atoms with Crippen LogP contribution in [0.15, 0.2) is 0 Å². The van der Waals surface area contributed by atoms with Gasteiger partial charge in [0.05, 0.1) is 11.4 Å². The van der Waals surface area contributed by atoms with Crippen molar-refractivity contribution in [3.63, 3.8) is 0 Å². The van der Waals surface area contributed by atoms with E-state index in [4.69, 9.17) is 0 Å². The highest BCUT2D eigenvalue weighted by molar-refractivity contribution is 5.98. The van der Waals surface area contributed by atoms with Crippen LogP contribution >= 0.6 is 0 Å². The van der Waals surface area contributed by atoms with Gasteiger partial charge in [-0.3, -0.25) is 9.59 Å². The highest BCUT2D eigenvalue weighted by atomic mass is 16.2. The number of hydrogen-bond acceptors (Lipinski definition) is 4. The maximum atomic E-state index is 12.6. The third-order valence-electron chi connectivity index (χ3n) is 6.33. The maximum Gasteiger partial charge on any atom is 0.272 e. The van der Waals surface area contributed by atoms with Crippen molar-refractivity contribution in [2.75, 3.05) is 0 Å². The highest BCUT2D eigenvalue weighted by Gasteiger charge is 2.32. The summed E-state index contributed by atoms with van der Waals surface area (Å²) in [5.41, 5.74) is 2.22. The van der Waals surface area contributed by atoms with Crippen molar-refractivity contribution < 1.29 is 9.59 Å². The fourth-order valence-electron chi connectivity index (χ4n) is 4.57. The Morgan fingerprint density at radius 1 is 0.667 bits per heavy atom. The van der Waals surface area contributed by atoms with Crippen molar-refractivity contribution in [2.24, 2.45) is 0 Å². The summed E-state index contributed by atoms with van der Waals surface area (Å²) in [7, 11) is 0. The lowest BCUT2D eigenvalue weighted by Crippen LogP contribution is -2.46. The van der Waals surface area contributed by atoms with Gasteiger partial charge in [-0.1, -0.05) is 78.1 Å². The predicted octanol–water partition coefficient (Wildman–Crippen LogP) is 4.51. The molecule has 0 bridgehead atoms. The zero-order valence-electron chi connectivity index (χ0n) is 18.8. The second-order valence-electron chi connectivity index (χ2n) is 8.97. The fourth-order valence-corrected chi connectivity index (χ4v) is 4.57. The van der Waals surface area contributed by atoms with Gasteiger partial charge in [0.2, 0.25) is 0 Å². The second-order valence-corrected chi connectivity index (χ2v) is 8.97. The molecule has 2 aliphatic heterocycles. The molecular weight excluding hydrogens is 376 g/mol. The van der Waals surface area contributed by atoms with E-state index in [0.717, 1.165) is 25.7 Å². The van der Waals surface area contributed by atoms with E-state index in [1.54, 1.807) is 0 Å². The predicted molar refractivity (Wildman–Crippen MR) is 119 cm³/mol.